The van der Waals surface area contributed by atoms with E-state index in [1.54, 1.807) is 0 Å². The maximum absolute atomic E-state index is 12.6. The number of para-hydroxylation sites is 1. The maximum Gasteiger partial charge on any atom is 0.254 e. The SMILES string of the molecule is Cc1ccccc1OC[C@@H](O)C(=O)N1CCCC2(CCOCC2)C1. The standard InChI is InChI=1S/C19H27NO4/c1-15-5-2-3-6-17(15)24-13-16(21)18(22)20-10-4-7-19(14-20)8-11-23-12-9-19/h2-3,5-6,16,21H,4,7-14H2,1H3/t16-/m1/s1. The van der Waals surface area contributed by atoms with Crippen molar-refractivity contribution in [3.8, 4) is 5.75 Å². The minimum Gasteiger partial charge on any atom is -0.490 e. The van der Waals surface area contributed by atoms with Crippen LogP contribution in [0.1, 0.15) is 31.2 Å². The molecular formula is C19H27NO4. The summed E-state index contributed by atoms with van der Waals surface area (Å²) in [5.74, 6) is 0.498. The van der Waals surface area contributed by atoms with Crippen LogP contribution in [-0.4, -0.2) is 54.9 Å². The van der Waals surface area contributed by atoms with Gasteiger partial charge in [0.05, 0.1) is 0 Å². The summed E-state index contributed by atoms with van der Waals surface area (Å²) in [7, 11) is 0. The van der Waals surface area contributed by atoms with Crippen molar-refractivity contribution in [3.63, 3.8) is 0 Å². The molecule has 1 aromatic rings. The third-order valence-corrected chi connectivity index (χ3v) is 5.30. The van der Waals surface area contributed by atoms with Gasteiger partial charge < -0.3 is 19.5 Å². The number of aliphatic hydroxyl groups is 1. The van der Waals surface area contributed by atoms with Gasteiger partial charge in [0, 0.05) is 26.3 Å². The lowest BCUT2D eigenvalue weighted by Gasteiger charge is -2.45. The first-order valence-electron chi connectivity index (χ1n) is 8.83. The first-order chi connectivity index (χ1) is 11.6. The summed E-state index contributed by atoms with van der Waals surface area (Å²) in [6.07, 6.45) is 3.05. The molecule has 1 amide bonds. The van der Waals surface area contributed by atoms with Crippen molar-refractivity contribution in [3.05, 3.63) is 29.8 Å². The predicted octanol–water partition coefficient (Wildman–Crippen LogP) is 2.15. The quantitative estimate of drug-likeness (QED) is 0.917. The van der Waals surface area contributed by atoms with E-state index < -0.39 is 6.10 Å². The number of carbonyl (C=O) groups is 1. The zero-order valence-electron chi connectivity index (χ0n) is 14.4. The van der Waals surface area contributed by atoms with Crippen LogP contribution in [0.3, 0.4) is 0 Å². The van der Waals surface area contributed by atoms with E-state index in [4.69, 9.17) is 9.47 Å². The van der Waals surface area contributed by atoms with Gasteiger partial charge in [-0.25, -0.2) is 0 Å². The van der Waals surface area contributed by atoms with E-state index in [0.717, 1.165) is 57.6 Å². The third kappa shape index (κ3) is 3.90. The van der Waals surface area contributed by atoms with Gasteiger partial charge in [0.1, 0.15) is 12.4 Å². The Kier molecular flexibility index (Phi) is 5.41. The minimum absolute atomic E-state index is 0.00367. The van der Waals surface area contributed by atoms with Gasteiger partial charge in [0.2, 0.25) is 0 Å². The van der Waals surface area contributed by atoms with Gasteiger partial charge in [-0.15, -0.1) is 0 Å². The first-order valence-corrected chi connectivity index (χ1v) is 8.83. The molecule has 2 fully saturated rings. The predicted molar refractivity (Wildman–Crippen MR) is 91.0 cm³/mol. The van der Waals surface area contributed by atoms with Gasteiger partial charge in [-0.2, -0.15) is 0 Å². The van der Waals surface area contributed by atoms with Crippen LogP contribution in [0, 0.1) is 12.3 Å². The summed E-state index contributed by atoms with van der Waals surface area (Å²) in [6, 6.07) is 7.62. The summed E-state index contributed by atoms with van der Waals surface area (Å²) in [6.45, 7) is 4.96. The van der Waals surface area contributed by atoms with Crippen molar-refractivity contribution in [2.45, 2.75) is 38.7 Å². The van der Waals surface area contributed by atoms with Crippen LogP contribution in [0.4, 0.5) is 0 Å². The number of rotatable bonds is 4. The molecule has 0 aliphatic carbocycles. The molecule has 1 N–H and O–H groups in total. The van der Waals surface area contributed by atoms with E-state index in [0.29, 0.717) is 5.75 Å². The molecule has 3 rings (SSSR count). The summed E-state index contributed by atoms with van der Waals surface area (Å²) in [4.78, 5) is 14.4. The molecular weight excluding hydrogens is 306 g/mol. The summed E-state index contributed by atoms with van der Waals surface area (Å²) in [5, 5.41) is 10.3. The molecule has 2 aliphatic heterocycles. The zero-order chi connectivity index (χ0) is 17.0. The number of nitrogens with zero attached hydrogens (tertiary/aromatic N) is 1. The Morgan fingerprint density at radius 1 is 1.33 bits per heavy atom. The summed E-state index contributed by atoms with van der Waals surface area (Å²) in [5.41, 5.74) is 1.18. The molecule has 1 aromatic carbocycles. The average Bonchev–Trinajstić information content (AvgIpc) is 2.61. The van der Waals surface area contributed by atoms with Crippen LogP contribution in [0.25, 0.3) is 0 Å². The fourth-order valence-corrected chi connectivity index (χ4v) is 3.78. The highest BCUT2D eigenvalue weighted by Gasteiger charge is 2.39. The second-order valence-corrected chi connectivity index (χ2v) is 7.07. The van der Waals surface area contributed by atoms with E-state index in [-0.39, 0.29) is 17.9 Å². The van der Waals surface area contributed by atoms with Crippen molar-refractivity contribution < 1.29 is 19.4 Å². The normalized spacial score (nSPS) is 21.5. The molecule has 2 heterocycles. The smallest absolute Gasteiger partial charge is 0.254 e. The molecule has 132 valence electrons. The van der Waals surface area contributed by atoms with E-state index in [9.17, 15) is 9.90 Å². The Labute approximate surface area is 143 Å². The van der Waals surface area contributed by atoms with Gasteiger partial charge >= 0.3 is 0 Å². The van der Waals surface area contributed by atoms with Crippen LogP contribution in [0.5, 0.6) is 5.75 Å². The Balaban J connectivity index is 1.56. The third-order valence-electron chi connectivity index (χ3n) is 5.30. The second-order valence-electron chi connectivity index (χ2n) is 7.07. The van der Waals surface area contributed by atoms with Crippen molar-refractivity contribution in [2.75, 3.05) is 32.9 Å². The monoisotopic (exact) mass is 333 g/mol. The fraction of sp³-hybridized carbons (Fsp3) is 0.632. The maximum atomic E-state index is 12.6. The van der Waals surface area contributed by atoms with E-state index in [1.165, 1.54) is 0 Å². The molecule has 1 spiro atoms. The minimum atomic E-state index is -1.11. The number of ether oxygens (including phenoxy) is 2. The highest BCUT2D eigenvalue weighted by molar-refractivity contribution is 5.81. The molecule has 5 heteroatoms. The van der Waals surface area contributed by atoms with Crippen LogP contribution in [0.15, 0.2) is 24.3 Å². The first kappa shape index (κ1) is 17.2. The molecule has 2 aliphatic rings. The lowest BCUT2D eigenvalue weighted by molar-refractivity contribution is -0.147. The Bertz CT molecular complexity index is 563. The zero-order valence-corrected chi connectivity index (χ0v) is 14.4. The lowest BCUT2D eigenvalue weighted by Crippen LogP contribution is -2.52. The molecule has 0 unspecified atom stereocenters. The van der Waals surface area contributed by atoms with Gasteiger partial charge in [-0.05, 0) is 49.7 Å². The van der Waals surface area contributed by atoms with Crippen LogP contribution >= 0.6 is 0 Å². The molecule has 0 saturated carbocycles. The molecule has 0 radical (unpaired) electrons. The van der Waals surface area contributed by atoms with Crippen LogP contribution in [0.2, 0.25) is 0 Å². The Morgan fingerprint density at radius 2 is 2.08 bits per heavy atom. The number of carbonyl (C=O) groups excluding carboxylic acids is 1. The van der Waals surface area contributed by atoms with Crippen molar-refractivity contribution in [1.82, 2.24) is 4.90 Å². The van der Waals surface area contributed by atoms with Crippen molar-refractivity contribution in [1.29, 1.82) is 0 Å². The largest absolute Gasteiger partial charge is 0.490 e. The van der Waals surface area contributed by atoms with E-state index in [2.05, 4.69) is 0 Å². The number of benzene rings is 1. The van der Waals surface area contributed by atoms with Gasteiger partial charge in [0.15, 0.2) is 6.10 Å². The molecule has 0 bridgehead atoms. The van der Waals surface area contributed by atoms with Crippen molar-refractivity contribution in [2.24, 2.45) is 5.41 Å². The average molecular weight is 333 g/mol. The van der Waals surface area contributed by atoms with Gasteiger partial charge in [-0.3, -0.25) is 4.79 Å². The summed E-state index contributed by atoms with van der Waals surface area (Å²) >= 11 is 0. The number of piperidine rings is 1. The van der Waals surface area contributed by atoms with Crippen LogP contribution < -0.4 is 4.74 Å². The summed E-state index contributed by atoms with van der Waals surface area (Å²) < 4.78 is 11.1. The highest BCUT2D eigenvalue weighted by atomic mass is 16.5. The van der Waals surface area contributed by atoms with Crippen LogP contribution in [-0.2, 0) is 9.53 Å². The molecule has 0 aromatic heterocycles. The highest BCUT2D eigenvalue weighted by Crippen LogP contribution is 2.39. The molecule has 24 heavy (non-hydrogen) atoms. The topological polar surface area (TPSA) is 59.0 Å². The lowest BCUT2D eigenvalue weighted by atomic mass is 9.74. The Morgan fingerprint density at radius 3 is 2.83 bits per heavy atom. The van der Waals surface area contributed by atoms with Gasteiger partial charge in [0.25, 0.3) is 5.91 Å². The fourth-order valence-electron chi connectivity index (χ4n) is 3.78. The number of hydrogen-bond acceptors (Lipinski definition) is 4. The molecule has 2 saturated heterocycles. The molecule has 5 nitrogen and oxygen atoms in total. The van der Waals surface area contributed by atoms with Gasteiger partial charge in [-0.1, -0.05) is 18.2 Å². The Hall–Kier alpha value is -1.59. The number of amides is 1. The molecule has 1 atom stereocenters. The number of aliphatic hydroxyl groups excluding tert-OH is 1. The van der Waals surface area contributed by atoms with E-state index >= 15 is 0 Å². The second kappa shape index (κ2) is 7.53. The van der Waals surface area contributed by atoms with Crippen molar-refractivity contribution >= 4 is 5.91 Å². The number of likely N-dealkylation sites (tertiary alicyclic amines) is 1. The number of hydrogen-bond donors (Lipinski definition) is 1. The number of aryl methyl sites for hydroxylation is 1. The van der Waals surface area contributed by atoms with E-state index in [1.807, 2.05) is 36.1 Å².